The van der Waals surface area contributed by atoms with Gasteiger partial charge in [-0.25, -0.2) is 23.6 Å². The molecule has 0 radical (unpaired) electrons. The Morgan fingerprint density at radius 2 is 1.68 bits per heavy atom. The zero-order chi connectivity index (χ0) is 25.3. The lowest BCUT2D eigenvalue weighted by Crippen LogP contribution is -2.41. The smallest absolute Gasteiger partial charge is 0.375 e. The number of carbonyl (C=O) groups is 2. The second-order valence-electron chi connectivity index (χ2n) is 7.20. The largest absolute Gasteiger partial charge is 0.463 e. The number of methoxy groups -OCH3 is 1. The third-order valence-corrected chi connectivity index (χ3v) is 5.32. The average molecular weight is 479 g/mol. The van der Waals surface area contributed by atoms with Crippen LogP contribution in [-0.4, -0.2) is 48.3 Å². The molecule has 1 saturated heterocycles. The van der Waals surface area contributed by atoms with E-state index < -0.39 is 23.6 Å². The van der Waals surface area contributed by atoms with Gasteiger partial charge < -0.3 is 14.1 Å². The number of hydrazone groups is 1. The Hall–Kier alpha value is -3.30. The van der Waals surface area contributed by atoms with Gasteiger partial charge in [0.1, 0.15) is 11.6 Å². The molecule has 0 saturated carbocycles. The van der Waals surface area contributed by atoms with E-state index in [0.717, 1.165) is 6.07 Å². The summed E-state index contributed by atoms with van der Waals surface area (Å²) in [6.07, 6.45) is 4.36. The minimum absolute atomic E-state index is 0.0160. The van der Waals surface area contributed by atoms with Gasteiger partial charge in [0.15, 0.2) is 0 Å². The third kappa shape index (κ3) is 6.18. The van der Waals surface area contributed by atoms with E-state index in [2.05, 4.69) is 14.8 Å². The van der Waals surface area contributed by atoms with Crippen LogP contribution in [0.3, 0.4) is 0 Å². The minimum Gasteiger partial charge on any atom is -0.463 e. The quantitative estimate of drug-likeness (QED) is 0.577. The minimum atomic E-state index is -0.685. The number of aromatic nitrogens is 1. The van der Waals surface area contributed by atoms with Crippen LogP contribution in [0.25, 0.3) is 0 Å². The molecule has 3 heterocycles. The Morgan fingerprint density at radius 1 is 1.06 bits per heavy atom. The molecule has 1 fully saturated rings. The Morgan fingerprint density at radius 3 is 2.26 bits per heavy atom. The van der Waals surface area contributed by atoms with E-state index in [1.165, 1.54) is 30.4 Å². The molecule has 34 heavy (non-hydrogen) atoms. The van der Waals surface area contributed by atoms with E-state index in [-0.39, 0.29) is 17.6 Å². The highest BCUT2D eigenvalue weighted by atomic mass is 19.1. The van der Waals surface area contributed by atoms with Gasteiger partial charge in [-0.3, -0.25) is 4.79 Å². The Balaban J connectivity index is 0.000000970. The number of hydrogen-bond donors (Lipinski definition) is 0. The molecule has 1 aromatic heterocycles. The summed E-state index contributed by atoms with van der Waals surface area (Å²) in [5.74, 6) is -2.43. The Kier molecular flexibility index (Phi) is 10.2. The van der Waals surface area contributed by atoms with Crippen LogP contribution in [0.4, 0.5) is 14.8 Å². The fraction of sp³-hybridized carbons (Fsp3) is 0.500. The number of ether oxygens (including phenoxy) is 1. The topological polar surface area (TPSA) is 88.2 Å². The van der Waals surface area contributed by atoms with Gasteiger partial charge in [-0.15, -0.1) is 0 Å². The third-order valence-electron chi connectivity index (χ3n) is 5.32. The molecule has 1 unspecified atom stereocenters. The van der Waals surface area contributed by atoms with Crippen molar-refractivity contribution in [1.29, 1.82) is 0 Å². The van der Waals surface area contributed by atoms with Crippen LogP contribution in [0.2, 0.25) is 0 Å². The molecule has 0 N–H and O–H groups in total. The normalized spacial score (nSPS) is 17.4. The van der Waals surface area contributed by atoms with Crippen LogP contribution < -0.4 is 4.90 Å². The van der Waals surface area contributed by atoms with E-state index >= 15 is 0 Å². The molecule has 2 aromatic rings. The first-order valence-corrected chi connectivity index (χ1v) is 11.6. The number of esters is 1. The van der Waals surface area contributed by atoms with Gasteiger partial charge in [0.25, 0.3) is 6.01 Å². The first-order chi connectivity index (χ1) is 16.5. The van der Waals surface area contributed by atoms with Crippen molar-refractivity contribution in [3.05, 3.63) is 47.4 Å². The first-order valence-electron chi connectivity index (χ1n) is 11.6. The van der Waals surface area contributed by atoms with Crippen LogP contribution >= 0.6 is 0 Å². The molecule has 1 atom stereocenters. The predicted octanol–water partition coefficient (Wildman–Crippen LogP) is 4.97. The van der Waals surface area contributed by atoms with Crippen LogP contribution in [-0.2, 0) is 9.53 Å². The van der Waals surface area contributed by atoms with Crippen LogP contribution in [0.1, 0.15) is 69.1 Å². The Bertz CT molecular complexity index is 967. The predicted molar refractivity (Wildman–Crippen MR) is 125 cm³/mol. The van der Waals surface area contributed by atoms with Crippen molar-refractivity contribution < 1.29 is 27.5 Å². The van der Waals surface area contributed by atoms with Gasteiger partial charge in [0, 0.05) is 37.7 Å². The SMILES string of the molecule is CC.CC.COC(=O)c1cnc(N2CCC(C(=O)N3N=CCC3c3cc(F)cc(F)c3)CC2)o1. The summed E-state index contributed by atoms with van der Waals surface area (Å²) in [7, 11) is 1.26. The molecule has 2 aliphatic rings. The molecule has 8 nitrogen and oxygen atoms in total. The summed E-state index contributed by atoms with van der Waals surface area (Å²) in [6, 6.07) is 3.04. The summed E-state index contributed by atoms with van der Waals surface area (Å²) >= 11 is 0. The lowest BCUT2D eigenvalue weighted by Gasteiger charge is -2.33. The van der Waals surface area contributed by atoms with Crippen molar-refractivity contribution in [2.45, 2.75) is 53.0 Å². The van der Waals surface area contributed by atoms with Crippen LogP contribution in [0, 0.1) is 17.6 Å². The van der Waals surface area contributed by atoms with Crippen LogP contribution in [0.15, 0.2) is 33.9 Å². The summed E-state index contributed by atoms with van der Waals surface area (Å²) in [4.78, 5) is 30.5. The van der Waals surface area contributed by atoms with Crippen molar-refractivity contribution in [3.63, 3.8) is 0 Å². The van der Waals surface area contributed by atoms with Gasteiger partial charge >= 0.3 is 5.97 Å². The molecular weight excluding hydrogens is 446 g/mol. The van der Waals surface area contributed by atoms with Gasteiger partial charge in [-0.05, 0) is 30.5 Å². The van der Waals surface area contributed by atoms with Gasteiger partial charge in [-0.2, -0.15) is 5.10 Å². The van der Waals surface area contributed by atoms with E-state index in [9.17, 15) is 18.4 Å². The van der Waals surface area contributed by atoms with E-state index in [0.29, 0.717) is 43.9 Å². The zero-order valence-corrected chi connectivity index (χ0v) is 20.3. The number of amides is 1. The first kappa shape index (κ1) is 26.9. The number of hydrogen-bond acceptors (Lipinski definition) is 7. The molecule has 0 bridgehead atoms. The lowest BCUT2D eigenvalue weighted by atomic mass is 9.94. The highest BCUT2D eigenvalue weighted by Gasteiger charge is 2.35. The van der Waals surface area contributed by atoms with Crippen molar-refractivity contribution in [1.82, 2.24) is 9.99 Å². The molecule has 2 aliphatic heterocycles. The molecule has 0 spiro atoms. The molecule has 1 aromatic carbocycles. The van der Waals surface area contributed by atoms with E-state index in [1.54, 1.807) is 6.21 Å². The fourth-order valence-corrected chi connectivity index (χ4v) is 3.78. The highest BCUT2D eigenvalue weighted by Crippen LogP contribution is 2.33. The molecule has 4 rings (SSSR count). The standard InChI is InChI=1S/C20H20F2N4O4.2C2H6/c1-29-19(28)17-11-23-20(30-17)25-6-3-12(4-7-25)18(27)26-16(2-5-24-26)13-8-14(21)10-15(22)9-13;2*1-2/h5,8-12,16H,2-4,6-7H2,1H3;2*1-2H3. The second kappa shape index (κ2) is 12.8. The molecule has 10 heteroatoms. The van der Waals surface area contributed by atoms with E-state index in [1.807, 2.05) is 32.6 Å². The van der Waals surface area contributed by atoms with Crippen molar-refractivity contribution >= 4 is 24.1 Å². The van der Waals surface area contributed by atoms with Crippen molar-refractivity contribution in [2.24, 2.45) is 11.0 Å². The average Bonchev–Trinajstić information content (AvgIpc) is 3.56. The number of carbonyl (C=O) groups excluding carboxylic acids is 2. The number of oxazole rings is 1. The Labute approximate surface area is 198 Å². The fourth-order valence-electron chi connectivity index (χ4n) is 3.78. The lowest BCUT2D eigenvalue weighted by molar-refractivity contribution is -0.138. The summed E-state index contributed by atoms with van der Waals surface area (Å²) in [5.41, 5.74) is 0.380. The number of nitrogens with zero attached hydrogens (tertiary/aromatic N) is 4. The number of piperidine rings is 1. The van der Waals surface area contributed by atoms with Gasteiger partial charge in [0.05, 0.1) is 19.3 Å². The van der Waals surface area contributed by atoms with Gasteiger partial charge in [-0.1, -0.05) is 27.7 Å². The number of anilines is 1. The maximum Gasteiger partial charge on any atom is 0.375 e. The van der Waals surface area contributed by atoms with E-state index in [4.69, 9.17) is 4.42 Å². The molecule has 0 aliphatic carbocycles. The van der Waals surface area contributed by atoms with Crippen LogP contribution in [0.5, 0.6) is 0 Å². The molecule has 186 valence electrons. The van der Waals surface area contributed by atoms with Crippen molar-refractivity contribution in [3.8, 4) is 0 Å². The van der Waals surface area contributed by atoms with Crippen molar-refractivity contribution in [2.75, 3.05) is 25.1 Å². The summed E-state index contributed by atoms with van der Waals surface area (Å²) in [5, 5.41) is 5.48. The maximum absolute atomic E-state index is 13.6. The monoisotopic (exact) mass is 478 g/mol. The number of benzene rings is 1. The molecule has 1 amide bonds. The summed E-state index contributed by atoms with van der Waals surface area (Å²) in [6.45, 7) is 9.02. The number of rotatable bonds is 4. The molecular formula is C24H32F2N4O4. The second-order valence-corrected chi connectivity index (χ2v) is 7.20. The number of halogens is 2. The zero-order valence-electron chi connectivity index (χ0n) is 20.3. The highest BCUT2D eigenvalue weighted by molar-refractivity contribution is 5.86. The maximum atomic E-state index is 13.6. The summed E-state index contributed by atoms with van der Waals surface area (Å²) < 4.78 is 37.2. The van der Waals surface area contributed by atoms with Gasteiger partial charge in [0.2, 0.25) is 11.7 Å².